The van der Waals surface area contributed by atoms with Crippen LogP contribution >= 0.6 is 0 Å². The first-order chi connectivity index (χ1) is 9.04. The summed E-state index contributed by atoms with van der Waals surface area (Å²) in [7, 11) is 0. The van der Waals surface area contributed by atoms with Crippen LogP contribution in [0.2, 0.25) is 0 Å². The van der Waals surface area contributed by atoms with Gasteiger partial charge in [-0.25, -0.2) is 4.39 Å². The van der Waals surface area contributed by atoms with Crippen LogP contribution in [0.25, 0.3) is 0 Å². The molecule has 100 valence electrons. The van der Waals surface area contributed by atoms with E-state index in [1.807, 2.05) is 6.07 Å². The standard InChI is InChI=1S/C14H16FN3O/c1-9-12(15)7-10(8-13(9)17)14(19)18(6-2-5-16)11-3-4-11/h7-8,11H,2-4,6,17H2,1H3. The summed E-state index contributed by atoms with van der Waals surface area (Å²) < 4.78 is 13.6. The number of carbonyl (C=O) groups is 1. The van der Waals surface area contributed by atoms with Crippen molar-refractivity contribution in [2.75, 3.05) is 12.3 Å². The quantitative estimate of drug-likeness (QED) is 0.845. The second kappa shape index (κ2) is 5.27. The molecule has 1 saturated carbocycles. The number of halogens is 1. The highest BCUT2D eigenvalue weighted by Crippen LogP contribution is 2.29. The number of nitrogens with zero attached hydrogens (tertiary/aromatic N) is 2. The molecule has 0 spiro atoms. The monoisotopic (exact) mass is 261 g/mol. The van der Waals surface area contributed by atoms with Crippen molar-refractivity contribution in [3.05, 3.63) is 29.1 Å². The average Bonchev–Trinajstić information content (AvgIpc) is 3.20. The smallest absolute Gasteiger partial charge is 0.254 e. The molecule has 1 aliphatic carbocycles. The molecule has 1 aliphatic rings. The van der Waals surface area contributed by atoms with E-state index in [4.69, 9.17) is 11.0 Å². The lowest BCUT2D eigenvalue weighted by atomic mass is 10.1. The lowest BCUT2D eigenvalue weighted by Gasteiger charge is -2.21. The molecule has 2 N–H and O–H groups in total. The number of nitriles is 1. The molecule has 1 amide bonds. The van der Waals surface area contributed by atoms with Crippen molar-refractivity contribution >= 4 is 11.6 Å². The highest BCUT2D eigenvalue weighted by molar-refractivity contribution is 5.95. The third kappa shape index (κ3) is 2.84. The third-order valence-electron chi connectivity index (χ3n) is 3.34. The largest absolute Gasteiger partial charge is 0.398 e. The molecule has 4 nitrogen and oxygen atoms in total. The second-order valence-electron chi connectivity index (χ2n) is 4.81. The van der Waals surface area contributed by atoms with Gasteiger partial charge in [0.1, 0.15) is 5.82 Å². The summed E-state index contributed by atoms with van der Waals surface area (Å²) in [4.78, 5) is 14.0. The van der Waals surface area contributed by atoms with Gasteiger partial charge in [0.05, 0.1) is 12.5 Å². The summed E-state index contributed by atoms with van der Waals surface area (Å²) in [6.07, 6.45) is 2.17. The Morgan fingerprint density at radius 1 is 1.58 bits per heavy atom. The second-order valence-corrected chi connectivity index (χ2v) is 4.81. The summed E-state index contributed by atoms with van der Waals surface area (Å²) in [6.45, 7) is 1.96. The molecule has 1 aromatic rings. The van der Waals surface area contributed by atoms with E-state index >= 15 is 0 Å². The normalized spacial score (nSPS) is 13.9. The van der Waals surface area contributed by atoms with Crippen LogP contribution in [0.15, 0.2) is 12.1 Å². The molecule has 0 unspecified atom stereocenters. The number of anilines is 1. The Kier molecular flexibility index (Phi) is 3.70. The lowest BCUT2D eigenvalue weighted by Crippen LogP contribution is -2.34. The zero-order valence-corrected chi connectivity index (χ0v) is 10.8. The summed E-state index contributed by atoms with van der Waals surface area (Å²) in [5, 5.41) is 8.63. The SMILES string of the molecule is Cc1c(N)cc(C(=O)N(CCC#N)C2CC2)cc1F. The first-order valence-corrected chi connectivity index (χ1v) is 6.28. The fraction of sp³-hybridized carbons (Fsp3) is 0.429. The highest BCUT2D eigenvalue weighted by Gasteiger charge is 2.33. The summed E-state index contributed by atoms with van der Waals surface area (Å²) in [5.41, 5.74) is 6.57. The van der Waals surface area contributed by atoms with Crippen molar-refractivity contribution in [2.45, 2.75) is 32.2 Å². The molecule has 0 aliphatic heterocycles. The van der Waals surface area contributed by atoms with Crippen molar-refractivity contribution in [1.29, 1.82) is 5.26 Å². The summed E-state index contributed by atoms with van der Waals surface area (Å²) in [6, 6.07) is 4.93. The van der Waals surface area contributed by atoms with Crippen LogP contribution in [0.5, 0.6) is 0 Å². The van der Waals surface area contributed by atoms with Gasteiger partial charge in [0.2, 0.25) is 0 Å². The minimum Gasteiger partial charge on any atom is -0.398 e. The molecular formula is C14H16FN3O. The van der Waals surface area contributed by atoms with Crippen LogP contribution < -0.4 is 5.73 Å². The molecule has 1 aromatic carbocycles. The summed E-state index contributed by atoms with van der Waals surface area (Å²) >= 11 is 0. The number of hydrogen-bond donors (Lipinski definition) is 1. The topological polar surface area (TPSA) is 70.1 Å². The number of nitrogens with two attached hydrogens (primary N) is 1. The maximum atomic E-state index is 13.6. The van der Waals surface area contributed by atoms with E-state index in [0.29, 0.717) is 12.1 Å². The van der Waals surface area contributed by atoms with Gasteiger partial charge < -0.3 is 10.6 Å². The molecule has 0 heterocycles. The van der Waals surface area contributed by atoms with Gasteiger partial charge in [0.15, 0.2) is 0 Å². The van der Waals surface area contributed by atoms with Gasteiger partial charge >= 0.3 is 0 Å². The first-order valence-electron chi connectivity index (χ1n) is 6.28. The van der Waals surface area contributed by atoms with Gasteiger partial charge in [-0.15, -0.1) is 0 Å². The molecule has 2 rings (SSSR count). The molecule has 19 heavy (non-hydrogen) atoms. The van der Waals surface area contributed by atoms with Gasteiger partial charge in [-0.3, -0.25) is 4.79 Å². The van der Waals surface area contributed by atoms with E-state index in [1.165, 1.54) is 12.1 Å². The highest BCUT2D eigenvalue weighted by atomic mass is 19.1. The fourth-order valence-corrected chi connectivity index (χ4v) is 2.00. The zero-order chi connectivity index (χ0) is 14.0. The number of hydrogen-bond acceptors (Lipinski definition) is 3. The van der Waals surface area contributed by atoms with E-state index in [2.05, 4.69) is 0 Å². The molecule has 0 bridgehead atoms. The summed E-state index contributed by atoms with van der Waals surface area (Å²) in [5.74, 6) is -0.720. The van der Waals surface area contributed by atoms with E-state index < -0.39 is 5.82 Å². The molecule has 1 fully saturated rings. The molecule has 0 aromatic heterocycles. The Hall–Kier alpha value is -2.09. The van der Waals surface area contributed by atoms with Crippen LogP contribution in [0.1, 0.15) is 35.2 Å². The van der Waals surface area contributed by atoms with Crippen LogP contribution in [0.4, 0.5) is 10.1 Å². The average molecular weight is 261 g/mol. The molecule has 5 heteroatoms. The Morgan fingerprint density at radius 2 is 2.26 bits per heavy atom. The van der Waals surface area contributed by atoms with Gasteiger partial charge in [-0.05, 0) is 31.9 Å². The first kappa shape index (κ1) is 13.3. The van der Waals surface area contributed by atoms with Crippen LogP contribution in [0, 0.1) is 24.1 Å². The van der Waals surface area contributed by atoms with Crippen LogP contribution in [-0.2, 0) is 0 Å². The maximum absolute atomic E-state index is 13.6. The molecule has 0 atom stereocenters. The van der Waals surface area contributed by atoms with E-state index in [0.717, 1.165) is 12.8 Å². The van der Waals surface area contributed by atoms with Gasteiger partial charge in [0, 0.05) is 29.4 Å². The Labute approximate surface area is 111 Å². The number of nitrogen functional groups attached to an aromatic ring is 1. The molecular weight excluding hydrogens is 245 g/mol. The van der Waals surface area contributed by atoms with Crippen molar-refractivity contribution in [3.8, 4) is 6.07 Å². The van der Waals surface area contributed by atoms with Gasteiger partial charge in [-0.1, -0.05) is 0 Å². The Morgan fingerprint density at radius 3 is 2.79 bits per heavy atom. The van der Waals surface area contributed by atoms with Crippen molar-refractivity contribution < 1.29 is 9.18 Å². The molecule has 0 radical (unpaired) electrons. The van der Waals surface area contributed by atoms with E-state index in [1.54, 1.807) is 11.8 Å². The van der Waals surface area contributed by atoms with Crippen LogP contribution in [0.3, 0.4) is 0 Å². The van der Waals surface area contributed by atoms with Gasteiger partial charge in [-0.2, -0.15) is 5.26 Å². The maximum Gasteiger partial charge on any atom is 0.254 e. The number of benzene rings is 1. The van der Waals surface area contributed by atoms with Crippen LogP contribution in [-0.4, -0.2) is 23.4 Å². The van der Waals surface area contributed by atoms with Crippen molar-refractivity contribution in [1.82, 2.24) is 4.90 Å². The lowest BCUT2D eigenvalue weighted by molar-refractivity contribution is 0.0746. The number of rotatable bonds is 4. The zero-order valence-electron chi connectivity index (χ0n) is 10.8. The number of amides is 1. The van der Waals surface area contributed by atoms with E-state index in [9.17, 15) is 9.18 Å². The van der Waals surface area contributed by atoms with Gasteiger partial charge in [0.25, 0.3) is 5.91 Å². The molecule has 0 saturated heterocycles. The van der Waals surface area contributed by atoms with Crippen molar-refractivity contribution in [2.24, 2.45) is 0 Å². The minimum absolute atomic E-state index is 0.187. The number of carbonyl (C=O) groups excluding carboxylic acids is 1. The Balaban J connectivity index is 2.24. The predicted molar refractivity (Wildman–Crippen MR) is 69.8 cm³/mol. The Bertz CT molecular complexity index is 523. The van der Waals surface area contributed by atoms with E-state index in [-0.39, 0.29) is 29.6 Å². The fourth-order valence-electron chi connectivity index (χ4n) is 2.00. The minimum atomic E-state index is -0.473. The third-order valence-corrected chi connectivity index (χ3v) is 3.34. The predicted octanol–water partition coefficient (Wildman–Crippen LogP) is 2.23. The van der Waals surface area contributed by atoms with Crippen molar-refractivity contribution in [3.63, 3.8) is 0 Å².